The van der Waals surface area contributed by atoms with E-state index in [0.29, 0.717) is 0 Å². The highest BCUT2D eigenvalue weighted by Gasteiger charge is 2.32. The molecule has 2 nitrogen and oxygen atoms in total. The zero-order valence-electron chi connectivity index (χ0n) is 11.4. The van der Waals surface area contributed by atoms with Gasteiger partial charge in [0.2, 0.25) is 0 Å². The van der Waals surface area contributed by atoms with Crippen LogP contribution in [0.15, 0.2) is 11.8 Å². The van der Waals surface area contributed by atoms with Crippen molar-refractivity contribution in [2.75, 3.05) is 0 Å². The van der Waals surface area contributed by atoms with Gasteiger partial charge in [0.1, 0.15) is 0 Å². The first-order chi connectivity index (χ1) is 7.29. The van der Waals surface area contributed by atoms with E-state index in [2.05, 4.69) is 39.9 Å². The highest BCUT2D eigenvalue weighted by Crippen LogP contribution is 2.25. The maximum atomic E-state index is 6.11. The maximum absolute atomic E-state index is 6.11. The molecule has 0 bridgehead atoms. The van der Waals surface area contributed by atoms with Crippen LogP contribution < -0.4 is 0 Å². The first-order valence-corrected chi connectivity index (χ1v) is 9.18. The molecule has 94 valence electrons. The normalized spacial score (nSPS) is 18.9. The molecular formula is C13H26O2Si. The van der Waals surface area contributed by atoms with Gasteiger partial charge in [0.25, 0.3) is 0 Å². The third kappa shape index (κ3) is 5.71. The fourth-order valence-electron chi connectivity index (χ4n) is 2.15. The van der Waals surface area contributed by atoms with E-state index >= 15 is 0 Å². The van der Waals surface area contributed by atoms with Crippen molar-refractivity contribution in [1.82, 2.24) is 0 Å². The largest absolute Gasteiger partial charge is 0.524 e. The second-order valence-electron chi connectivity index (χ2n) is 5.99. The minimum absolute atomic E-state index is 0.110. The van der Waals surface area contributed by atoms with Crippen molar-refractivity contribution >= 4 is 8.56 Å². The summed E-state index contributed by atoms with van der Waals surface area (Å²) < 4.78 is 12.2. The van der Waals surface area contributed by atoms with Crippen LogP contribution in [-0.4, -0.2) is 14.2 Å². The van der Waals surface area contributed by atoms with Crippen LogP contribution >= 0.6 is 0 Å². The molecule has 0 radical (unpaired) electrons. The molecule has 3 heteroatoms. The summed E-state index contributed by atoms with van der Waals surface area (Å²) in [6, 6.07) is 0. The second-order valence-corrected chi connectivity index (χ2v) is 9.19. The van der Waals surface area contributed by atoms with Crippen molar-refractivity contribution in [3.8, 4) is 0 Å². The molecule has 16 heavy (non-hydrogen) atoms. The van der Waals surface area contributed by atoms with Crippen LogP contribution in [-0.2, 0) is 8.85 Å². The highest BCUT2D eigenvalue weighted by atomic mass is 28.4. The van der Waals surface area contributed by atoms with Gasteiger partial charge in [-0.2, -0.15) is 0 Å². The summed E-state index contributed by atoms with van der Waals surface area (Å²) in [5.41, 5.74) is -0.110. The van der Waals surface area contributed by atoms with E-state index in [4.69, 9.17) is 8.85 Å². The summed E-state index contributed by atoms with van der Waals surface area (Å²) in [4.78, 5) is 0. The zero-order valence-corrected chi connectivity index (χ0v) is 12.4. The molecule has 0 aromatic heterocycles. The van der Waals surface area contributed by atoms with Gasteiger partial charge in [-0.05, 0) is 59.2 Å². The average Bonchev–Trinajstić information content (AvgIpc) is 2.26. The van der Waals surface area contributed by atoms with Crippen LogP contribution in [0.4, 0.5) is 0 Å². The fourth-order valence-corrected chi connectivity index (χ4v) is 4.49. The third-order valence-corrected chi connectivity index (χ3v) is 4.29. The maximum Gasteiger partial charge on any atom is 0.392 e. The lowest BCUT2D eigenvalue weighted by Gasteiger charge is -2.32. The van der Waals surface area contributed by atoms with Gasteiger partial charge >= 0.3 is 8.56 Å². The molecular weight excluding hydrogens is 216 g/mol. The van der Waals surface area contributed by atoms with Gasteiger partial charge in [-0.15, -0.1) is 0 Å². The molecule has 0 fully saturated rings. The molecule has 0 aliphatic heterocycles. The Morgan fingerprint density at radius 2 is 1.81 bits per heavy atom. The number of rotatable bonds is 3. The highest BCUT2D eigenvalue weighted by molar-refractivity contribution is 6.64. The zero-order chi connectivity index (χ0) is 12.2. The standard InChI is InChI=1S/C13H26O2Si/c1-13(2,3)15-16(4,5)14-12-10-8-6-7-9-11-12/h10H,6-9,11H2,1-5H3. The van der Waals surface area contributed by atoms with E-state index in [9.17, 15) is 0 Å². The van der Waals surface area contributed by atoms with E-state index in [1.54, 1.807) is 0 Å². The van der Waals surface area contributed by atoms with Crippen molar-refractivity contribution in [1.29, 1.82) is 0 Å². The molecule has 0 spiro atoms. The van der Waals surface area contributed by atoms with E-state index in [1.165, 1.54) is 25.0 Å². The van der Waals surface area contributed by atoms with Crippen LogP contribution in [0.2, 0.25) is 13.1 Å². The fraction of sp³-hybridized carbons (Fsp3) is 0.846. The van der Waals surface area contributed by atoms with Crippen molar-refractivity contribution in [3.63, 3.8) is 0 Å². The Labute approximate surface area is 101 Å². The monoisotopic (exact) mass is 242 g/mol. The molecule has 1 aliphatic carbocycles. The summed E-state index contributed by atoms with van der Waals surface area (Å²) in [6.45, 7) is 10.5. The minimum Gasteiger partial charge on any atom is -0.524 e. The lowest BCUT2D eigenvalue weighted by atomic mass is 10.2. The average molecular weight is 242 g/mol. The van der Waals surface area contributed by atoms with Crippen LogP contribution in [0, 0.1) is 0 Å². The molecule has 0 saturated heterocycles. The van der Waals surface area contributed by atoms with Crippen molar-refractivity contribution in [2.24, 2.45) is 0 Å². The Hall–Kier alpha value is -0.283. The van der Waals surface area contributed by atoms with Gasteiger partial charge < -0.3 is 8.85 Å². The molecule has 0 amide bonds. The molecule has 0 aromatic carbocycles. The van der Waals surface area contributed by atoms with Crippen LogP contribution in [0.1, 0.15) is 52.9 Å². The quantitative estimate of drug-likeness (QED) is 0.684. The summed E-state index contributed by atoms with van der Waals surface area (Å²) >= 11 is 0. The summed E-state index contributed by atoms with van der Waals surface area (Å²) in [5, 5.41) is 0. The topological polar surface area (TPSA) is 18.5 Å². The molecule has 0 unspecified atom stereocenters. The molecule has 1 rings (SSSR count). The summed E-state index contributed by atoms with van der Waals surface area (Å²) in [7, 11) is -2.02. The van der Waals surface area contributed by atoms with Crippen molar-refractivity contribution in [2.45, 2.75) is 71.6 Å². The van der Waals surface area contributed by atoms with E-state index in [-0.39, 0.29) is 5.60 Å². The predicted octanol–water partition coefficient (Wildman–Crippen LogP) is 4.37. The number of allylic oxidation sites excluding steroid dienone is 2. The van der Waals surface area contributed by atoms with E-state index in [1.807, 2.05) is 0 Å². The first kappa shape index (κ1) is 13.8. The SMILES string of the molecule is CC(C)(C)O[Si](C)(C)OC1=CCCCCC1. The number of hydrogen-bond donors (Lipinski definition) is 0. The molecule has 1 aliphatic rings. The second kappa shape index (κ2) is 5.37. The lowest BCUT2D eigenvalue weighted by molar-refractivity contribution is 0.0812. The van der Waals surface area contributed by atoms with E-state index in [0.717, 1.165) is 12.8 Å². The summed E-state index contributed by atoms with van der Waals surface area (Å²) in [5.74, 6) is 1.17. The van der Waals surface area contributed by atoms with Gasteiger partial charge in [-0.3, -0.25) is 0 Å². The lowest BCUT2D eigenvalue weighted by Crippen LogP contribution is -2.41. The Balaban J connectivity index is 2.53. The predicted molar refractivity (Wildman–Crippen MR) is 70.6 cm³/mol. The third-order valence-electron chi connectivity index (χ3n) is 2.43. The summed E-state index contributed by atoms with van der Waals surface area (Å²) in [6.07, 6.45) is 8.39. The van der Waals surface area contributed by atoms with Gasteiger partial charge in [0, 0.05) is 6.42 Å². The van der Waals surface area contributed by atoms with Gasteiger partial charge in [-0.1, -0.05) is 6.42 Å². The van der Waals surface area contributed by atoms with Crippen LogP contribution in [0.25, 0.3) is 0 Å². The Bertz CT molecular complexity index is 251. The van der Waals surface area contributed by atoms with E-state index < -0.39 is 8.56 Å². The Morgan fingerprint density at radius 1 is 1.12 bits per heavy atom. The van der Waals surface area contributed by atoms with Gasteiger partial charge in [0.05, 0.1) is 11.4 Å². The number of hydrogen-bond acceptors (Lipinski definition) is 2. The Kier molecular flexibility index (Phi) is 4.62. The first-order valence-electron chi connectivity index (χ1n) is 6.37. The molecule has 0 heterocycles. The van der Waals surface area contributed by atoms with Crippen molar-refractivity contribution in [3.05, 3.63) is 11.8 Å². The molecule has 0 saturated carbocycles. The van der Waals surface area contributed by atoms with Gasteiger partial charge in [-0.25, -0.2) is 0 Å². The Morgan fingerprint density at radius 3 is 2.44 bits per heavy atom. The van der Waals surface area contributed by atoms with Crippen LogP contribution in [0.5, 0.6) is 0 Å². The smallest absolute Gasteiger partial charge is 0.392 e. The van der Waals surface area contributed by atoms with Crippen molar-refractivity contribution < 1.29 is 8.85 Å². The van der Waals surface area contributed by atoms with Gasteiger partial charge in [0.15, 0.2) is 0 Å². The molecule has 0 N–H and O–H groups in total. The van der Waals surface area contributed by atoms with Crippen LogP contribution in [0.3, 0.4) is 0 Å². The molecule has 0 aromatic rings. The molecule has 0 atom stereocenters. The minimum atomic E-state index is -2.02.